The summed E-state index contributed by atoms with van der Waals surface area (Å²) in [5.41, 5.74) is 3.72. The van der Waals surface area contributed by atoms with Crippen molar-refractivity contribution in [3.05, 3.63) is 95.1 Å². The first-order valence-corrected chi connectivity index (χ1v) is 10.4. The number of methoxy groups -OCH3 is 1. The van der Waals surface area contributed by atoms with E-state index in [0.29, 0.717) is 29.1 Å². The van der Waals surface area contributed by atoms with E-state index in [-0.39, 0.29) is 18.4 Å². The fourth-order valence-corrected chi connectivity index (χ4v) is 3.05. The molecular formula is C26H26N2O5. The van der Waals surface area contributed by atoms with Crippen LogP contribution in [-0.2, 0) is 16.1 Å². The summed E-state index contributed by atoms with van der Waals surface area (Å²) >= 11 is 0. The van der Waals surface area contributed by atoms with Crippen molar-refractivity contribution < 1.29 is 23.9 Å². The standard InChI is InChI=1S/C26H26N2O5/c1-18-4-8-20(9-5-18)25(30)28(2)22-12-14-23(15-13-22)33-17-24(29)27-16-19-6-10-21(11-7-19)26(31)32-3/h4-15H,16-17H2,1-3H3,(H,27,29). The van der Waals surface area contributed by atoms with Crippen molar-refractivity contribution in [1.82, 2.24) is 5.32 Å². The molecule has 0 heterocycles. The number of nitrogens with zero attached hydrogens (tertiary/aromatic N) is 1. The number of rotatable bonds is 8. The van der Waals surface area contributed by atoms with E-state index >= 15 is 0 Å². The Morgan fingerprint density at radius 2 is 1.45 bits per heavy atom. The van der Waals surface area contributed by atoms with Crippen LogP contribution in [0.2, 0.25) is 0 Å². The maximum absolute atomic E-state index is 12.6. The molecule has 1 N–H and O–H groups in total. The molecule has 7 nitrogen and oxygen atoms in total. The van der Waals surface area contributed by atoms with Crippen LogP contribution in [0.15, 0.2) is 72.8 Å². The van der Waals surface area contributed by atoms with E-state index in [1.54, 1.807) is 72.6 Å². The highest BCUT2D eigenvalue weighted by Crippen LogP contribution is 2.20. The lowest BCUT2D eigenvalue weighted by Crippen LogP contribution is -2.28. The third-order valence-electron chi connectivity index (χ3n) is 5.06. The third kappa shape index (κ3) is 6.43. The molecule has 0 aliphatic rings. The van der Waals surface area contributed by atoms with Crippen LogP contribution < -0.4 is 15.0 Å². The maximum atomic E-state index is 12.6. The largest absolute Gasteiger partial charge is 0.484 e. The molecule has 0 unspecified atom stereocenters. The summed E-state index contributed by atoms with van der Waals surface area (Å²) in [6.07, 6.45) is 0. The maximum Gasteiger partial charge on any atom is 0.337 e. The molecule has 0 bridgehead atoms. The van der Waals surface area contributed by atoms with Crippen LogP contribution in [0.3, 0.4) is 0 Å². The second-order valence-electron chi connectivity index (χ2n) is 7.48. The van der Waals surface area contributed by atoms with Gasteiger partial charge in [0, 0.05) is 24.8 Å². The fourth-order valence-electron chi connectivity index (χ4n) is 3.05. The van der Waals surface area contributed by atoms with Crippen LogP contribution in [0.4, 0.5) is 5.69 Å². The summed E-state index contributed by atoms with van der Waals surface area (Å²) in [6, 6.07) is 21.2. The highest BCUT2D eigenvalue weighted by molar-refractivity contribution is 6.05. The molecule has 0 spiro atoms. The van der Waals surface area contributed by atoms with Gasteiger partial charge >= 0.3 is 5.97 Å². The third-order valence-corrected chi connectivity index (χ3v) is 5.06. The van der Waals surface area contributed by atoms with E-state index < -0.39 is 5.97 Å². The van der Waals surface area contributed by atoms with Gasteiger partial charge in [-0.1, -0.05) is 29.8 Å². The second-order valence-corrected chi connectivity index (χ2v) is 7.48. The quantitative estimate of drug-likeness (QED) is 0.533. The van der Waals surface area contributed by atoms with Crippen molar-refractivity contribution >= 4 is 23.5 Å². The summed E-state index contributed by atoms with van der Waals surface area (Å²) in [7, 11) is 3.04. The van der Waals surface area contributed by atoms with Crippen molar-refractivity contribution in [2.45, 2.75) is 13.5 Å². The van der Waals surface area contributed by atoms with E-state index in [0.717, 1.165) is 11.1 Å². The number of esters is 1. The lowest BCUT2D eigenvalue weighted by atomic mass is 10.1. The average Bonchev–Trinajstić information content (AvgIpc) is 2.86. The molecule has 3 aromatic carbocycles. The number of ether oxygens (including phenoxy) is 2. The first-order valence-electron chi connectivity index (χ1n) is 10.4. The molecule has 7 heteroatoms. The topological polar surface area (TPSA) is 84.9 Å². The van der Waals surface area contributed by atoms with Crippen LogP contribution in [-0.4, -0.2) is 38.5 Å². The minimum absolute atomic E-state index is 0.109. The molecule has 170 valence electrons. The van der Waals surface area contributed by atoms with Crippen LogP contribution in [0.1, 0.15) is 31.8 Å². The Morgan fingerprint density at radius 1 is 0.848 bits per heavy atom. The highest BCUT2D eigenvalue weighted by Gasteiger charge is 2.13. The van der Waals surface area contributed by atoms with Gasteiger partial charge in [0.25, 0.3) is 11.8 Å². The molecule has 0 atom stereocenters. The smallest absolute Gasteiger partial charge is 0.337 e. The fraction of sp³-hybridized carbons (Fsp3) is 0.192. The summed E-state index contributed by atoms with van der Waals surface area (Å²) in [4.78, 5) is 37.7. The summed E-state index contributed by atoms with van der Waals surface area (Å²) < 4.78 is 10.2. The van der Waals surface area contributed by atoms with Crippen LogP contribution in [0, 0.1) is 6.92 Å². The SMILES string of the molecule is COC(=O)c1ccc(CNC(=O)COc2ccc(N(C)C(=O)c3ccc(C)cc3)cc2)cc1. The zero-order valence-corrected chi connectivity index (χ0v) is 18.8. The van der Waals surface area contributed by atoms with Crippen LogP contribution in [0.5, 0.6) is 5.75 Å². The average molecular weight is 447 g/mol. The molecular weight excluding hydrogens is 420 g/mol. The number of carbonyl (C=O) groups excluding carboxylic acids is 3. The van der Waals surface area contributed by atoms with Crippen LogP contribution in [0.25, 0.3) is 0 Å². The number of carbonyl (C=O) groups is 3. The number of nitrogens with one attached hydrogen (secondary N) is 1. The minimum Gasteiger partial charge on any atom is -0.484 e. The Labute approximate surface area is 192 Å². The first-order chi connectivity index (χ1) is 15.9. The summed E-state index contributed by atoms with van der Waals surface area (Å²) in [6.45, 7) is 2.15. The molecule has 0 aliphatic carbocycles. The van der Waals surface area contributed by atoms with Crippen LogP contribution >= 0.6 is 0 Å². The van der Waals surface area contributed by atoms with E-state index in [2.05, 4.69) is 10.1 Å². The van der Waals surface area contributed by atoms with Gasteiger partial charge in [0.2, 0.25) is 0 Å². The molecule has 0 saturated carbocycles. The van der Waals surface area contributed by atoms with Gasteiger partial charge in [-0.15, -0.1) is 0 Å². The van der Waals surface area contributed by atoms with E-state index in [1.807, 2.05) is 19.1 Å². The van der Waals surface area contributed by atoms with E-state index in [4.69, 9.17) is 4.74 Å². The summed E-state index contributed by atoms with van der Waals surface area (Å²) in [5.74, 6) is -0.270. The van der Waals surface area contributed by atoms with Gasteiger partial charge in [-0.05, 0) is 61.0 Å². The van der Waals surface area contributed by atoms with Gasteiger partial charge in [0.05, 0.1) is 12.7 Å². The summed E-state index contributed by atoms with van der Waals surface area (Å²) in [5, 5.41) is 2.77. The van der Waals surface area contributed by atoms with Gasteiger partial charge in [0.1, 0.15) is 5.75 Å². The lowest BCUT2D eigenvalue weighted by molar-refractivity contribution is -0.123. The van der Waals surface area contributed by atoms with Gasteiger partial charge in [-0.2, -0.15) is 0 Å². The second kappa shape index (κ2) is 10.9. The Bertz CT molecular complexity index is 1110. The van der Waals surface area contributed by atoms with Gasteiger partial charge in [-0.3, -0.25) is 9.59 Å². The zero-order valence-electron chi connectivity index (χ0n) is 18.8. The molecule has 0 radical (unpaired) electrons. The number of hydrogen-bond acceptors (Lipinski definition) is 5. The molecule has 0 aromatic heterocycles. The molecule has 0 saturated heterocycles. The molecule has 33 heavy (non-hydrogen) atoms. The Hall–Kier alpha value is -4.13. The minimum atomic E-state index is -0.407. The Morgan fingerprint density at radius 3 is 2.06 bits per heavy atom. The Kier molecular flexibility index (Phi) is 7.81. The number of benzene rings is 3. The van der Waals surface area contributed by atoms with Crippen molar-refractivity contribution in [2.75, 3.05) is 25.7 Å². The highest BCUT2D eigenvalue weighted by atomic mass is 16.5. The molecule has 3 aromatic rings. The van der Waals surface area contributed by atoms with Gasteiger partial charge in [-0.25, -0.2) is 4.79 Å². The number of amides is 2. The van der Waals surface area contributed by atoms with E-state index in [1.165, 1.54) is 7.11 Å². The zero-order chi connectivity index (χ0) is 23.8. The Balaban J connectivity index is 1.47. The predicted molar refractivity (Wildman–Crippen MR) is 125 cm³/mol. The predicted octanol–water partition coefficient (Wildman–Crippen LogP) is 3.75. The van der Waals surface area contributed by atoms with Crippen molar-refractivity contribution in [1.29, 1.82) is 0 Å². The van der Waals surface area contributed by atoms with Crippen molar-refractivity contribution in [3.8, 4) is 5.75 Å². The van der Waals surface area contributed by atoms with Crippen molar-refractivity contribution in [2.24, 2.45) is 0 Å². The lowest BCUT2D eigenvalue weighted by Gasteiger charge is -2.18. The molecule has 0 aliphatic heterocycles. The van der Waals surface area contributed by atoms with Gasteiger partial charge in [0.15, 0.2) is 6.61 Å². The number of anilines is 1. The molecule has 3 rings (SSSR count). The number of hydrogen-bond donors (Lipinski definition) is 1. The number of aryl methyl sites for hydroxylation is 1. The van der Waals surface area contributed by atoms with Gasteiger partial charge < -0.3 is 19.7 Å². The molecule has 0 fully saturated rings. The normalized spacial score (nSPS) is 10.3. The molecule has 2 amide bonds. The van der Waals surface area contributed by atoms with Crippen molar-refractivity contribution in [3.63, 3.8) is 0 Å². The monoisotopic (exact) mass is 446 g/mol. The van der Waals surface area contributed by atoms with E-state index in [9.17, 15) is 14.4 Å². The first kappa shape index (κ1) is 23.5.